The number of hydrogen-bond donors (Lipinski definition) is 0. The third-order valence-electron chi connectivity index (χ3n) is 1.97. The maximum Gasteiger partial charge on any atom is 0.154 e. The van der Waals surface area contributed by atoms with Gasteiger partial charge in [-0.3, -0.25) is 0 Å². The molecule has 0 aliphatic heterocycles. The Balaban J connectivity index is 2.49. The Morgan fingerprint density at radius 3 is 3.20 bits per heavy atom. The Bertz CT molecular complexity index is 256. The van der Waals surface area contributed by atoms with Crippen LogP contribution in [0.15, 0.2) is 0 Å². The molecular formula is C7H8INS. The lowest BCUT2D eigenvalue weighted by Gasteiger charge is -1.95. The number of aryl methyl sites for hydroxylation is 1. The van der Waals surface area contributed by atoms with E-state index in [1.165, 1.54) is 26.4 Å². The number of fused-ring (bicyclic) bond motifs is 1. The van der Waals surface area contributed by atoms with Gasteiger partial charge in [-0.25, -0.2) is 4.98 Å². The molecule has 0 saturated carbocycles. The Kier molecular flexibility index (Phi) is 1.72. The topological polar surface area (TPSA) is 12.9 Å². The summed E-state index contributed by atoms with van der Waals surface area (Å²) in [6.45, 7) is 2.27. The van der Waals surface area contributed by atoms with Crippen LogP contribution in [0.3, 0.4) is 0 Å². The number of thiazole rings is 1. The monoisotopic (exact) mass is 265 g/mol. The van der Waals surface area contributed by atoms with Gasteiger partial charge in [-0.15, -0.1) is 11.3 Å². The molecule has 10 heavy (non-hydrogen) atoms. The van der Waals surface area contributed by atoms with E-state index in [0.29, 0.717) is 0 Å². The van der Waals surface area contributed by atoms with Gasteiger partial charge in [0.05, 0.1) is 5.69 Å². The van der Waals surface area contributed by atoms with E-state index in [-0.39, 0.29) is 0 Å². The van der Waals surface area contributed by atoms with Crippen molar-refractivity contribution in [3.8, 4) is 0 Å². The summed E-state index contributed by atoms with van der Waals surface area (Å²) in [6, 6.07) is 0. The maximum atomic E-state index is 4.48. The van der Waals surface area contributed by atoms with Gasteiger partial charge in [0.2, 0.25) is 0 Å². The van der Waals surface area contributed by atoms with Gasteiger partial charge in [0.15, 0.2) is 3.01 Å². The second-order valence-electron chi connectivity index (χ2n) is 2.71. The molecule has 0 aromatic carbocycles. The number of aromatic nitrogens is 1. The van der Waals surface area contributed by atoms with Crippen molar-refractivity contribution in [1.29, 1.82) is 0 Å². The van der Waals surface area contributed by atoms with Gasteiger partial charge in [0.25, 0.3) is 0 Å². The van der Waals surface area contributed by atoms with Gasteiger partial charge in [-0.05, 0) is 41.4 Å². The predicted octanol–water partition coefficient (Wildman–Crippen LogP) is 2.80. The van der Waals surface area contributed by atoms with Gasteiger partial charge >= 0.3 is 0 Å². The average Bonchev–Trinajstić information content (AvgIpc) is 2.35. The summed E-state index contributed by atoms with van der Waals surface area (Å²) in [5.41, 5.74) is 1.37. The number of hydrogen-bond acceptors (Lipinski definition) is 2. The molecule has 3 heteroatoms. The molecule has 54 valence electrons. The fourth-order valence-corrected chi connectivity index (χ4v) is 3.36. The third-order valence-corrected chi connectivity index (χ3v) is 3.79. The molecule has 1 unspecified atom stereocenters. The molecule has 1 aromatic heterocycles. The second-order valence-corrected chi connectivity index (χ2v) is 5.55. The van der Waals surface area contributed by atoms with Gasteiger partial charge < -0.3 is 0 Å². The normalized spacial score (nSPS) is 23.2. The van der Waals surface area contributed by atoms with Crippen molar-refractivity contribution < 1.29 is 0 Å². The molecule has 1 aliphatic carbocycles. The zero-order valence-electron chi connectivity index (χ0n) is 5.72. The molecule has 1 heterocycles. The fourth-order valence-electron chi connectivity index (χ4n) is 1.38. The Morgan fingerprint density at radius 2 is 2.50 bits per heavy atom. The van der Waals surface area contributed by atoms with E-state index in [9.17, 15) is 0 Å². The van der Waals surface area contributed by atoms with E-state index in [2.05, 4.69) is 34.5 Å². The first-order chi connectivity index (χ1) is 4.77. The summed E-state index contributed by atoms with van der Waals surface area (Å²) in [4.78, 5) is 6.00. The standard InChI is InChI=1S/C7H8INS/c1-4-2-3-5-6(4)9-7(8)10-5/h4H,2-3H2,1H3. The highest BCUT2D eigenvalue weighted by atomic mass is 127. The van der Waals surface area contributed by atoms with E-state index >= 15 is 0 Å². The molecule has 0 amide bonds. The van der Waals surface area contributed by atoms with Crippen LogP contribution in [-0.4, -0.2) is 4.98 Å². The lowest BCUT2D eigenvalue weighted by atomic mass is 10.1. The van der Waals surface area contributed by atoms with Crippen molar-refractivity contribution in [3.05, 3.63) is 13.6 Å². The number of halogens is 1. The summed E-state index contributed by atoms with van der Waals surface area (Å²) >= 11 is 4.16. The van der Waals surface area contributed by atoms with Crippen LogP contribution < -0.4 is 0 Å². The van der Waals surface area contributed by atoms with Crippen LogP contribution >= 0.6 is 33.9 Å². The molecule has 0 bridgehead atoms. The molecule has 2 rings (SSSR count). The van der Waals surface area contributed by atoms with Crippen LogP contribution in [0.5, 0.6) is 0 Å². The summed E-state index contributed by atoms with van der Waals surface area (Å²) in [7, 11) is 0. The van der Waals surface area contributed by atoms with Crippen molar-refractivity contribution >= 4 is 33.9 Å². The second kappa shape index (κ2) is 2.44. The van der Waals surface area contributed by atoms with Crippen LogP contribution in [0.1, 0.15) is 29.8 Å². The maximum absolute atomic E-state index is 4.48. The van der Waals surface area contributed by atoms with Crippen molar-refractivity contribution in [1.82, 2.24) is 4.98 Å². The van der Waals surface area contributed by atoms with E-state index in [4.69, 9.17) is 0 Å². The molecule has 1 atom stereocenters. The molecule has 1 aliphatic rings. The van der Waals surface area contributed by atoms with Crippen molar-refractivity contribution in [2.45, 2.75) is 25.7 Å². The summed E-state index contributed by atoms with van der Waals surface area (Å²) in [5, 5.41) is 0. The zero-order chi connectivity index (χ0) is 7.14. The Labute approximate surface area is 78.0 Å². The minimum Gasteiger partial charge on any atom is -0.235 e. The van der Waals surface area contributed by atoms with Crippen LogP contribution in [-0.2, 0) is 6.42 Å². The van der Waals surface area contributed by atoms with Crippen LogP contribution in [0.2, 0.25) is 0 Å². The van der Waals surface area contributed by atoms with E-state index in [1.54, 1.807) is 0 Å². The molecule has 0 fully saturated rings. The summed E-state index contributed by atoms with van der Waals surface area (Å²) < 4.78 is 1.20. The summed E-state index contributed by atoms with van der Waals surface area (Å²) in [6.07, 6.45) is 2.57. The minimum absolute atomic E-state index is 0.717. The fraction of sp³-hybridized carbons (Fsp3) is 0.571. The molecule has 0 spiro atoms. The number of nitrogens with zero attached hydrogens (tertiary/aromatic N) is 1. The largest absolute Gasteiger partial charge is 0.235 e. The number of rotatable bonds is 0. The SMILES string of the molecule is CC1CCc2sc(I)nc21. The van der Waals surface area contributed by atoms with Gasteiger partial charge in [-0.2, -0.15) is 0 Å². The highest BCUT2D eigenvalue weighted by Crippen LogP contribution is 2.35. The smallest absolute Gasteiger partial charge is 0.154 e. The van der Waals surface area contributed by atoms with Crippen LogP contribution in [0.4, 0.5) is 0 Å². The van der Waals surface area contributed by atoms with E-state index in [1.807, 2.05) is 11.3 Å². The molecule has 0 radical (unpaired) electrons. The summed E-state index contributed by atoms with van der Waals surface area (Å²) in [5.74, 6) is 0.717. The highest BCUT2D eigenvalue weighted by molar-refractivity contribution is 14.1. The van der Waals surface area contributed by atoms with Gasteiger partial charge in [0, 0.05) is 4.88 Å². The van der Waals surface area contributed by atoms with Crippen molar-refractivity contribution in [3.63, 3.8) is 0 Å². The lowest BCUT2D eigenvalue weighted by molar-refractivity contribution is 0.729. The van der Waals surface area contributed by atoms with Crippen molar-refractivity contribution in [2.24, 2.45) is 0 Å². The third kappa shape index (κ3) is 0.993. The highest BCUT2D eigenvalue weighted by Gasteiger charge is 2.22. The molecule has 0 saturated heterocycles. The molecule has 1 aromatic rings. The predicted molar refractivity (Wildman–Crippen MR) is 51.6 cm³/mol. The van der Waals surface area contributed by atoms with Gasteiger partial charge in [0.1, 0.15) is 0 Å². The quantitative estimate of drug-likeness (QED) is 0.657. The zero-order valence-corrected chi connectivity index (χ0v) is 8.70. The van der Waals surface area contributed by atoms with E-state index < -0.39 is 0 Å². The Hall–Kier alpha value is 0.360. The van der Waals surface area contributed by atoms with Crippen LogP contribution in [0, 0.1) is 3.01 Å². The Morgan fingerprint density at radius 1 is 1.70 bits per heavy atom. The first-order valence-corrected chi connectivity index (χ1v) is 5.32. The average molecular weight is 265 g/mol. The van der Waals surface area contributed by atoms with Crippen LogP contribution in [0.25, 0.3) is 0 Å². The van der Waals surface area contributed by atoms with E-state index in [0.717, 1.165) is 5.92 Å². The van der Waals surface area contributed by atoms with Crippen molar-refractivity contribution in [2.75, 3.05) is 0 Å². The molecule has 0 N–H and O–H groups in total. The van der Waals surface area contributed by atoms with Gasteiger partial charge in [-0.1, -0.05) is 6.92 Å². The molecule has 1 nitrogen and oxygen atoms in total. The first-order valence-electron chi connectivity index (χ1n) is 3.42. The lowest BCUT2D eigenvalue weighted by Crippen LogP contribution is -1.86. The first kappa shape index (κ1) is 7.03. The molecular weight excluding hydrogens is 257 g/mol. The minimum atomic E-state index is 0.717.